The summed E-state index contributed by atoms with van der Waals surface area (Å²) in [6.45, 7) is 9.65. The number of amides is 1. The van der Waals surface area contributed by atoms with Crippen molar-refractivity contribution in [1.82, 2.24) is 20.2 Å². The Morgan fingerprint density at radius 2 is 1.73 bits per heavy atom. The molecule has 0 atom stereocenters. The van der Waals surface area contributed by atoms with E-state index >= 15 is 0 Å². The predicted octanol–water partition coefficient (Wildman–Crippen LogP) is 5.17. The molecule has 0 saturated heterocycles. The summed E-state index contributed by atoms with van der Waals surface area (Å²) in [6, 6.07) is 16.8. The van der Waals surface area contributed by atoms with Crippen LogP contribution in [0.15, 0.2) is 60.9 Å². The summed E-state index contributed by atoms with van der Waals surface area (Å²) in [5.41, 5.74) is 3.06. The molecule has 4 aromatic rings. The normalized spacial score (nSPS) is 11.0. The number of aromatic nitrogens is 2. The van der Waals surface area contributed by atoms with Gasteiger partial charge in [0.15, 0.2) is 0 Å². The SMILES string of the molecule is CCN(CC)CCNC(=O)c1ccc(Nc2ncnc3sc(C(=O)OCc4ccccc4)c(C)c23)cc1. The molecule has 8 nitrogen and oxygen atoms in total. The van der Waals surface area contributed by atoms with Gasteiger partial charge in [0.05, 0.1) is 5.39 Å². The second kappa shape index (κ2) is 12.4. The molecule has 0 saturated carbocycles. The number of hydrogen-bond acceptors (Lipinski definition) is 8. The number of hydrogen-bond donors (Lipinski definition) is 2. The van der Waals surface area contributed by atoms with Gasteiger partial charge in [0, 0.05) is 24.3 Å². The first-order chi connectivity index (χ1) is 18.0. The van der Waals surface area contributed by atoms with Gasteiger partial charge in [-0.3, -0.25) is 4.79 Å². The van der Waals surface area contributed by atoms with Crippen molar-refractivity contribution in [3.8, 4) is 0 Å². The van der Waals surface area contributed by atoms with Crippen molar-refractivity contribution >= 4 is 44.9 Å². The average molecular weight is 518 g/mol. The van der Waals surface area contributed by atoms with Gasteiger partial charge < -0.3 is 20.3 Å². The summed E-state index contributed by atoms with van der Waals surface area (Å²) in [4.78, 5) is 37.5. The Morgan fingerprint density at radius 3 is 2.43 bits per heavy atom. The van der Waals surface area contributed by atoms with Gasteiger partial charge in [-0.25, -0.2) is 14.8 Å². The number of likely N-dealkylation sites (N-methyl/N-ethyl adjacent to an activating group) is 1. The standard InChI is InChI=1S/C28H31N5O3S/c1-4-33(5-2)16-15-29-26(34)21-11-13-22(14-12-21)32-25-23-19(3)24(37-27(23)31-18-30-25)28(35)36-17-20-9-7-6-8-10-20/h6-14,18H,4-5,15-17H2,1-3H3,(H,29,34)(H,30,31,32). The summed E-state index contributed by atoms with van der Waals surface area (Å²) in [6.07, 6.45) is 1.47. The number of anilines is 2. The van der Waals surface area contributed by atoms with Gasteiger partial charge in [-0.15, -0.1) is 11.3 Å². The van der Waals surface area contributed by atoms with Gasteiger partial charge in [0.2, 0.25) is 0 Å². The van der Waals surface area contributed by atoms with Crippen LogP contribution < -0.4 is 10.6 Å². The summed E-state index contributed by atoms with van der Waals surface area (Å²) in [5.74, 6) is 0.111. The largest absolute Gasteiger partial charge is 0.457 e. The third-order valence-corrected chi connectivity index (χ3v) is 7.32. The van der Waals surface area contributed by atoms with Gasteiger partial charge >= 0.3 is 5.97 Å². The maximum atomic E-state index is 12.8. The molecular weight excluding hydrogens is 486 g/mol. The maximum Gasteiger partial charge on any atom is 0.349 e. The number of nitrogens with one attached hydrogen (secondary N) is 2. The van der Waals surface area contributed by atoms with Crippen molar-refractivity contribution in [2.24, 2.45) is 0 Å². The van der Waals surface area contributed by atoms with E-state index in [0.717, 1.165) is 41.8 Å². The first-order valence-corrected chi connectivity index (χ1v) is 13.1. The highest BCUT2D eigenvalue weighted by Crippen LogP contribution is 2.35. The minimum Gasteiger partial charge on any atom is -0.457 e. The van der Waals surface area contributed by atoms with Crippen molar-refractivity contribution in [1.29, 1.82) is 0 Å². The lowest BCUT2D eigenvalue weighted by molar-refractivity contribution is 0.0477. The lowest BCUT2D eigenvalue weighted by atomic mass is 10.1. The molecule has 0 radical (unpaired) electrons. The molecule has 4 rings (SSSR count). The van der Waals surface area contributed by atoms with Crippen LogP contribution in [-0.2, 0) is 11.3 Å². The fourth-order valence-corrected chi connectivity index (χ4v) is 5.00. The Morgan fingerprint density at radius 1 is 1.00 bits per heavy atom. The van der Waals surface area contributed by atoms with Crippen molar-refractivity contribution < 1.29 is 14.3 Å². The average Bonchev–Trinajstić information content (AvgIpc) is 3.28. The van der Waals surface area contributed by atoms with E-state index in [1.165, 1.54) is 17.7 Å². The Labute approximate surface area is 220 Å². The minimum atomic E-state index is -0.383. The fraction of sp³-hybridized carbons (Fsp3) is 0.286. The Hall–Kier alpha value is -3.82. The van der Waals surface area contributed by atoms with Crippen LogP contribution in [0, 0.1) is 6.92 Å². The van der Waals surface area contributed by atoms with Crippen LogP contribution in [0.25, 0.3) is 10.2 Å². The number of rotatable bonds is 11. The summed E-state index contributed by atoms with van der Waals surface area (Å²) < 4.78 is 5.53. The summed E-state index contributed by atoms with van der Waals surface area (Å²) in [5, 5.41) is 7.05. The van der Waals surface area contributed by atoms with Crippen LogP contribution in [0.1, 0.15) is 45.0 Å². The first kappa shape index (κ1) is 26.2. The Kier molecular flexibility index (Phi) is 8.81. The minimum absolute atomic E-state index is 0.101. The van der Waals surface area contributed by atoms with Crippen LogP contribution in [0.5, 0.6) is 0 Å². The quantitative estimate of drug-likeness (QED) is 0.265. The molecule has 9 heteroatoms. The molecule has 37 heavy (non-hydrogen) atoms. The highest BCUT2D eigenvalue weighted by atomic mass is 32.1. The van der Waals surface area contributed by atoms with E-state index in [1.807, 2.05) is 49.4 Å². The molecular formula is C28H31N5O3S. The molecule has 2 N–H and O–H groups in total. The van der Waals surface area contributed by atoms with Crippen molar-refractivity contribution in [3.63, 3.8) is 0 Å². The smallest absolute Gasteiger partial charge is 0.349 e. The number of ether oxygens (including phenoxy) is 1. The molecule has 2 heterocycles. The zero-order valence-electron chi connectivity index (χ0n) is 21.3. The third-order valence-electron chi connectivity index (χ3n) is 6.14. The van der Waals surface area contributed by atoms with Crippen LogP contribution in [0.4, 0.5) is 11.5 Å². The zero-order valence-corrected chi connectivity index (χ0v) is 22.1. The van der Waals surface area contributed by atoms with E-state index in [2.05, 4.69) is 39.3 Å². The van der Waals surface area contributed by atoms with Gasteiger partial charge in [0.1, 0.15) is 28.5 Å². The topological polar surface area (TPSA) is 96.5 Å². The molecule has 2 aromatic heterocycles. The molecule has 0 spiro atoms. The highest BCUT2D eigenvalue weighted by molar-refractivity contribution is 7.20. The van der Waals surface area contributed by atoms with E-state index in [4.69, 9.17) is 4.74 Å². The number of carbonyl (C=O) groups excluding carboxylic acids is 2. The Balaban J connectivity index is 1.43. The van der Waals surface area contributed by atoms with Gasteiger partial charge in [-0.1, -0.05) is 44.2 Å². The third kappa shape index (κ3) is 6.49. The second-order valence-electron chi connectivity index (χ2n) is 8.51. The number of benzene rings is 2. The monoisotopic (exact) mass is 517 g/mol. The summed E-state index contributed by atoms with van der Waals surface area (Å²) in [7, 11) is 0. The van der Waals surface area contributed by atoms with E-state index in [1.54, 1.807) is 12.1 Å². The van der Waals surface area contributed by atoms with E-state index < -0.39 is 0 Å². The molecule has 2 aromatic carbocycles. The number of thiophene rings is 1. The molecule has 1 amide bonds. The Bertz CT molecular complexity index is 1350. The van der Waals surface area contributed by atoms with Gasteiger partial charge in [-0.2, -0.15) is 0 Å². The number of carbonyl (C=O) groups is 2. The fourth-order valence-electron chi connectivity index (χ4n) is 3.96. The van der Waals surface area contributed by atoms with Gasteiger partial charge in [0.25, 0.3) is 5.91 Å². The van der Waals surface area contributed by atoms with Crippen LogP contribution in [-0.4, -0.2) is 52.9 Å². The lowest BCUT2D eigenvalue weighted by Gasteiger charge is -2.18. The molecule has 0 bridgehead atoms. The van der Waals surface area contributed by atoms with Crippen molar-refractivity contribution in [3.05, 3.63) is 82.5 Å². The zero-order chi connectivity index (χ0) is 26.2. The number of esters is 1. The van der Waals surface area contributed by atoms with E-state index in [9.17, 15) is 9.59 Å². The van der Waals surface area contributed by atoms with E-state index in [-0.39, 0.29) is 18.5 Å². The van der Waals surface area contributed by atoms with Crippen LogP contribution >= 0.6 is 11.3 Å². The van der Waals surface area contributed by atoms with E-state index in [0.29, 0.717) is 27.6 Å². The van der Waals surface area contributed by atoms with Crippen molar-refractivity contribution in [2.45, 2.75) is 27.4 Å². The van der Waals surface area contributed by atoms with Gasteiger partial charge in [-0.05, 0) is 55.4 Å². The number of nitrogens with zero attached hydrogens (tertiary/aromatic N) is 3. The van der Waals surface area contributed by atoms with Crippen LogP contribution in [0.2, 0.25) is 0 Å². The molecule has 0 aliphatic rings. The maximum absolute atomic E-state index is 12.8. The summed E-state index contributed by atoms with van der Waals surface area (Å²) >= 11 is 1.29. The molecule has 0 aliphatic carbocycles. The molecule has 0 fully saturated rings. The first-order valence-electron chi connectivity index (χ1n) is 12.3. The predicted molar refractivity (Wildman–Crippen MR) is 148 cm³/mol. The molecule has 192 valence electrons. The molecule has 0 aliphatic heterocycles. The number of fused-ring (bicyclic) bond motifs is 1. The second-order valence-corrected chi connectivity index (χ2v) is 9.50. The highest BCUT2D eigenvalue weighted by Gasteiger charge is 2.21. The number of aryl methyl sites for hydroxylation is 1. The van der Waals surface area contributed by atoms with Crippen molar-refractivity contribution in [2.75, 3.05) is 31.5 Å². The van der Waals surface area contributed by atoms with Crippen LogP contribution in [0.3, 0.4) is 0 Å². The lowest BCUT2D eigenvalue weighted by Crippen LogP contribution is -2.34. The molecule has 0 unspecified atom stereocenters.